The summed E-state index contributed by atoms with van der Waals surface area (Å²) < 4.78 is 21.0. The second-order valence-electron chi connectivity index (χ2n) is 3.53. The zero-order valence-electron chi connectivity index (χ0n) is 11.6. The minimum atomic E-state index is 0.585. The molecule has 0 rings (SSSR count). The number of allylic oxidation sites excluding steroid dienone is 2. The molecule has 0 aliphatic heterocycles. The maximum atomic E-state index is 5.32. The summed E-state index contributed by atoms with van der Waals surface area (Å²) in [6, 6.07) is 0. The van der Waals surface area contributed by atoms with E-state index in [1.165, 1.54) is 0 Å². The van der Waals surface area contributed by atoms with Crippen molar-refractivity contribution >= 4 is 0 Å². The highest BCUT2D eigenvalue weighted by atomic mass is 16.6. The lowest BCUT2D eigenvalue weighted by Gasteiger charge is -2.05. The van der Waals surface area contributed by atoms with Crippen LogP contribution >= 0.6 is 0 Å². The van der Waals surface area contributed by atoms with E-state index in [4.69, 9.17) is 18.9 Å². The average molecular weight is 258 g/mol. The van der Waals surface area contributed by atoms with Crippen molar-refractivity contribution in [3.63, 3.8) is 0 Å². The minimum Gasteiger partial charge on any atom is -0.499 e. The van der Waals surface area contributed by atoms with Gasteiger partial charge in [0.15, 0.2) is 0 Å². The number of ether oxygens (including phenoxy) is 4. The molecule has 106 valence electrons. The molecule has 0 aromatic rings. The van der Waals surface area contributed by atoms with Crippen molar-refractivity contribution in [1.29, 1.82) is 0 Å². The van der Waals surface area contributed by atoms with E-state index in [0.29, 0.717) is 39.6 Å². The second-order valence-corrected chi connectivity index (χ2v) is 3.53. The third-order valence-electron chi connectivity index (χ3n) is 1.92. The van der Waals surface area contributed by atoms with Crippen LogP contribution in [-0.4, -0.2) is 39.6 Å². The lowest BCUT2D eigenvalue weighted by atomic mass is 10.5. The third-order valence-corrected chi connectivity index (χ3v) is 1.92. The lowest BCUT2D eigenvalue weighted by molar-refractivity contribution is 0.0184. The summed E-state index contributed by atoms with van der Waals surface area (Å²) in [6.45, 7) is 7.66. The van der Waals surface area contributed by atoms with Crippen molar-refractivity contribution < 1.29 is 18.9 Å². The Kier molecular flexibility index (Phi) is 15.1. The van der Waals surface area contributed by atoms with Gasteiger partial charge >= 0.3 is 0 Å². The Balaban J connectivity index is 2.98. The minimum absolute atomic E-state index is 0.585. The molecule has 0 N–H and O–H groups in total. The van der Waals surface area contributed by atoms with Crippen LogP contribution in [-0.2, 0) is 18.9 Å². The van der Waals surface area contributed by atoms with Crippen LogP contribution in [0.1, 0.15) is 26.7 Å². The zero-order valence-corrected chi connectivity index (χ0v) is 11.6. The van der Waals surface area contributed by atoms with Crippen LogP contribution in [0.25, 0.3) is 0 Å². The van der Waals surface area contributed by atoms with Crippen molar-refractivity contribution in [2.75, 3.05) is 39.6 Å². The molecule has 0 unspecified atom stereocenters. The third kappa shape index (κ3) is 15.0. The summed E-state index contributed by atoms with van der Waals surface area (Å²) in [5, 5.41) is 0. The summed E-state index contributed by atoms with van der Waals surface area (Å²) in [7, 11) is 0. The molecule has 0 fully saturated rings. The molecule has 0 saturated carbocycles. The molecule has 0 spiro atoms. The summed E-state index contributed by atoms with van der Waals surface area (Å²) in [4.78, 5) is 0. The van der Waals surface area contributed by atoms with E-state index in [2.05, 4.69) is 13.8 Å². The molecule has 0 heterocycles. The van der Waals surface area contributed by atoms with Gasteiger partial charge in [-0.05, 0) is 12.8 Å². The molecule has 0 aliphatic rings. The Morgan fingerprint density at radius 1 is 0.611 bits per heavy atom. The van der Waals surface area contributed by atoms with Gasteiger partial charge < -0.3 is 18.9 Å². The molecule has 0 saturated heterocycles. The van der Waals surface area contributed by atoms with Gasteiger partial charge in [0.05, 0.1) is 39.0 Å². The summed E-state index contributed by atoms with van der Waals surface area (Å²) >= 11 is 0. The van der Waals surface area contributed by atoms with Crippen LogP contribution in [0.2, 0.25) is 0 Å². The lowest BCUT2D eigenvalue weighted by Crippen LogP contribution is -2.10. The van der Waals surface area contributed by atoms with Crippen molar-refractivity contribution in [2.45, 2.75) is 26.7 Å². The van der Waals surface area contributed by atoms with Gasteiger partial charge in [0, 0.05) is 0 Å². The van der Waals surface area contributed by atoms with E-state index in [9.17, 15) is 0 Å². The number of hydrogen-bond donors (Lipinski definition) is 0. The predicted molar refractivity (Wildman–Crippen MR) is 72.4 cm³/mol. The van der Waals surface area contributed by atoms with E-state index in [-0.39, 0.29) is 0 Å². The van der Waals surface area contributed by atoms with Gasteiger partial charge in [-0.3, -0.25) is 0 Å². The fraction of sp³-hybridized carbons (Fsp3) is 0.714. The van der Waals surface area contributed by atoms with E-state index in [0.717, 1.165) is 12.8 Å². The largest absolute Gasteiger partial charge is 0.499 e. The van der Waals surface area contributed by atoms with Crippen molar-refractivity contribution in [3.8, 4) is 0 Å². The highest BCUT2D eigenvalue weighted by Gasteiger charge is 1.90. The van der Waals surface area contributed by atoms with Gasteiger partial charge in [-0.25, -0.2) is 0 Å². The Bertz CT molecular complexity index is 180. The molecule has 0 bridgehead atoms. The SMILES string of the molecule is CCC=COCCOCCOCCOC=CCC. The van der Waals surface area contributed by atoms with Crippen molar-refractivity contribution in [3.05, 3.63) is 24.7 Å². The van der Waals surface area contributed by atoms with Crippen LogP contribution in [0, 0.1) is 0 Å². The normalized spacial score (nSPS) is 11.4. The number of rotatable bonds is 13. The maximum absolute atomic E-state index is 5.32. The molecule has 0 aromatic heterocycles. The standard InChI is InChI=1S/C14H26O4/c1-3-5-7-15-9-11-17-13-14-18-12-10-16-8-6-4-2/h5-8H,3-4,9-14H2,1-2H3. The Morgan fingerprint density at radius 2 is 1.00 bits per heavy atom. The molecule has 0 aromatic carbocycles. The van der Waals surface area contributed by atoms with Gasteiger partial charge in [0.2, 0.25) is 0 Å². The van der Waals surface area contributed by atoms with Crippen LogP contribution in [0.5, 0.6) is 0 Å². The van der Waals surface area contributed by atoms with Crippen LogP contribution < -0.4 is 0 Å². The first-order valence-corrected chi connectivity index (χ1v) is 6.60. The van der Waals surface area contributed by atoms with Crippen molar-refractivity contribution in [2.24, 2.45) is 0 Å². The van der Waals surface area contributed by atoms with Gasteiger partial charge in [-0.1, -0.05) is 26.0 Å². The monoisotopic (exact) mass is 258 g/mol. The molecular weight excluding hydrogens is 232 g/mol. The Hall–Kier alpha value is -1.00. The Labute approximate surface area is 111 Å². The summed E-state index contributed by atoms with van der Waals surface area (Å²) in [5.41, 5.74) is 0. The molecule has 0 atom stereocenters. The average Bonchev–Trinajstić information content (AvgIpc) is 2.39. The van der Waals surface area contributed by atoms with Gasteiger partial charge in [-0.15, -0.1) is 0 Å². The second kappa shape index (κ2) is 16.0. The van der Waals surface area contributed by atoms with E-state index >= 15 is 0 Å². The van der Waals surface area contributed by atoms with Crippen LogP contribution in [0.3, 0.4) is 0 Å². The number of hydrogen-bond acceptors (Lipinski definition) is 4. The fourth-order valence-corrected chi connectivity index (χ4v) is 1.00. The highest BCUT2D eigenvalue weighted by molar-refractivity contribution is 4.70. The van der Waals surface area contributed by atoms with Crippen molar-refractivity contribution in [1.82, 2.24) is 0 Å². The molecule has 0 radical (unpaired) electrons. The summed E-state index contributed by atoms with van der Waals surface area (Å²) in [6.07, 6.45) is 9.34. The maximum Gasteiger partial charge on any atom is 0.111 e. The van der Waals surface area contributed by atoms with Crippen LogP contribution in [0.15, 0.2) is 24.7 Å². The Morgan fingerprint density at radius 3 is 1.39 bits per heavy atom. The molecular formula is C14H26O4. The molecule has 0 aliphatic carbocycles. The molecule has 18 heavy (non-hydrogen) atoms. The fourth-order valence-electron chi connectivity index (χ4n) is 1.00. The quantitative estimate of drug-likeness (QED) is 0.376. The molecule has 4 heteroatoms. The first kappa shape index (κ1) is 17.0. The smallest absolute Gasteiger partial charge is 0.111 e. The first-order chi connectivity index (χ1) is 8.91. The molecule has 0 amide bonds. The van der Waals surface area contributed by atoms with E-state index < -0.39 is 0 Å². The van der Waals surface area contributed by atoms with Gasteiger partial charge in [-0.2, -0.15) is 0 Å². The summed E-state index contributed by atoms with van der Waals surface area (Å²) in [5.74, 6) is 0. The molecule has 4 nitrogen and oxygen atoms in total. The van der Waals surface area contributed by atoms with Gasteiger partial charge in [0.1, 0.15) is 13.2 Å². The highest BCUT2D eigenvalue weighted by Crippen LogP contribution is 1.86. The first-order valence-electron chi connectivity index (χ1n) is 6.60. The van der Waals surface area contributed by atoms with E-state index in [1.54, 1.807) is 12.5 Å². The van der Waals surface area contributed by atoms with Crippen LogP contribution in [0.4, 0.5) is 0 Å². The van der Waals surface area contributed by atoms with Gasteiger partial charge in [0.25, 0.3) is 0 Å². The van der Waals surface area contributed by atoms with E-state index in [1.807, 2.05) is 12.2 Å². The zero-order chi connectivity index (χ0) is 13.3. The predicted octanol–water partition coefficient (Wildman–Crippen LogP) is 2.90. The topological polar surface area (TPSA) is 36.9 Å².